The third kappa shape index (κ3) is 4.96. The lowest BCUT2D eigenvalue weighted by molar-refractivity contribution is 0.0834. The van der Waals surface area contributed by atoms with Crippen molar-refractivity contribution < 1.29 is 4.79 Å². The fraction of sp³-hybridized carbons (Fsp3) is 0.632. The molecule has 1 aliphatic heterocycles. The SMILES string of the molecule is CCCCCCC[C@@H](C(=O)c1ccccc1)N1CCCC1. The molecule has 0 saturated carbocycles. The number of rotatable bonds is 9. The highest BCUT2D eigenvalue weighted by molar-refractivity contribution is 6.00. The molecule has 1 fully saturated rings. The first-order chi connectivity index (χ1) is 10.3. The number of ketones is 1. The van der Waals surface area contributed by atoms with E-state index in [1.54, 1.807) is 0 Å². The van der Waals surface area contributed by atoms with Gasteiger partial charge in [-0.2, -0.15) is 0 Å². The third-order valence-electron chi connectivity index (χ3n) is 4.52. The highest BCUT2D eigenvalue weighted by Crippen LogP contribution is 2.21. The summed E-state index contributed by atoms with van der Waals surface area (Å²) < 4.78 is 0. The number of unbranched alkanes of at least 4 members (excludes halogenated alkanes) is 4. The smallest absolute Gasteiger partial charge is 0.179 e. The first kappa shape index (κ1) is 16.2. The molecule has 2 heteroatoms. The maximum absolute atomic E-state index is 12.8. The van der Waals surface area contributed by atoms with Crippen molar-refractivity contribution in [2.75, 3.05) is 13.1 Å². The normalized spacial score (nSPS) is 17.0. The van der Waals surface area contributed by atoms with Crippen molar-refractivity contribution in [1.29, 1.82) is 0 Å². The minimum absolute atomic E-state index is 0.108. The molecule has 0 amide bonds. The second-order valence-electron chi connectivity index (χ2n) is 6.19. The van der Waals surface area contributed by atoms with Crippen LogP contribution >= 0.6 is 0 Å². The molecule has 0 aliphatic carbocycles. The highest BCUT2D eigenvalue weighted by Gasteiger charge is 2.28. The number of hydrogen-bond acceptors (Lipinski definition) is 2. The molecule has 0 aromatic heterocycles. The molecule has 1 aromatic carbocycles. The van der Waals surface area contributed by atoms with E-state index in [1.807, 2.05) is 30.3 Å². The van der Waals surface area contributed by atoms with Crippen LogP contribution in [0.15, 0.2) is 30.3 Å². The van der Waals surface area contributed by atoms with Gasteiger partial charge in [-0.3, -0.25) is 9.69 Å². The van der Waals surface area contributed by atoms with E-state index in [0.717, 1.165) is 25.1 Å². The van der Waals surface area contributed by atoms with E-state index < -0.39 is 0 Å². The maximum atomic E-state index is 12.8. The summed E-state index contributed by atoms with van der Waals surface area (Å²) in [5.74, 6) is 0.327. The molecule has 2 rings (SSSR count). The summed E-state index contributed by atoms with van der Waals surface area (Å²) >= 11 is 0. The van der Waals surface area contributed by atoms with Gasteiger partial charge in [0.25, 0.3) is 0 Å². The van der Waals surface area contributed by atoms with Crippen LogP contribution in [0.1, 0.15) is 68.6 Å². The number of carbonyl (C=O) groups is 1. The minimum atomic E-state index is 0.108. The monoisotopic (exact) mass is 287 g/mol. The van der Waals surface area contributed by atoms with Crippen LogP contribution in [0, 0.1) is 0 Å². The van der Waals surface area contributed by atoms with Crippen LogP contribution in [0.3, 0.4) is 0 Å². The van der Waals surface area contributed by atoms with Crippen molar-refractivity contribution in [2.24, 2.45) is 0 Å². The predicted molar refractivity (Wildman–Crippen MR) is 88.7 cm³/mol. The summed E-state index contributed by atoms with van der Waals surface area (Å²) in [7, 11) is 0. The van der Waals surface area contributed by atoms with Crippen molar-refractivity contribution in [2.45, 2.75) is 64.3 Å². The van der Waals surface area contributed by atoms with Gasteiger partial charge < -0.3 is 0 Å². The molecule has 0 radical (unpaired) electrons. The summed E-state index contributed by atoms with van der Waals surface area (Å²) in [5, 5.41) is 0. The van der Waals surface area contributed by atoms with Crippen LogP contribution in [0.4, 0.5) is 0 Å². The lowest BCUT2D eigenvalue weighted by Gasteiger charge is -2.26. The molecule has 0 bridgehead atoms. The van der Waals surface area contributed by atoms with Gasteiger partial charge in [0.2, 0.25) is 0 Å². The Bertz CT molecular complexity index is 409. The molecule has 0 unspecified atom stereocenters. The number of benzene rings is 1. The Morgan fingerprint density at radius 1 is 1.05 bits per heavy atom. The molecule has 1 saturated heterocycles. The maximum Gasteiger partial charge on any atom is 0.179 e. The van der Waals surface area contributed by atoms with Gasteiger partial charge in [-0.05, 0) is 32.4 Å². The number of hydrogen-bond donors (Lipinski definition) is 0. The Morgan fingerprint density at radius 2 is 1.71 bits per heavy atom. The van der Waals surface area contributed by atoms with Gasteiger partial charge in [-0.25, -0.2) is 0 Å². The Hall–Kier alpha value is -1.15. The largest absolute Gasteiger partial charge is 0.293 e. The molecule has 116 valence electrons. The van der Waals surface area contributed by atoms with E-state index in [0.29, 0.717) is 5.78 Å². The zero-order valence-electron chi connectivity index (χ0n) is 13.4. The van der Waals surface area contributed by atoms with Gasteiger partial charge in [-0.15, -0.1) is 0 Å². The van der Waals surface area contributed by atoms with E-state index >= 15 is 0 Å². The molecule has 0 spiro atoms. The summed E-state index contributed by atoms with van der Waals surface area (Å²) in [6.07, 6.45) is 9.86. The van der Waals surface area contributed by atoms with Gasteiger partial charge >= 0.3 is 0 Å². The van der Waals surface area contributed by atoms with E-state index in [2.05, 4.69) is 11.8 Å². The minimum Gasteiger partial charge on any atom is -0.293 e. The highest BCUT2D eigenvalue weighted by atomic mass is 16.1. The molecule has 21 heavy (non-hydrogen) atoms. The van der Waals surface area contributed by atoms with Crippen molar-refractivity contribution >= 4 is 5.78 Å². The Morgan fingerprint density at radius 3 is 2.38 bits per heavy atom. The molecule has 2 nitrogen and oxygen atoms in total. The number of nitrogens with zero attached hydrogens (tertiary/aromatic N) is 1. The van der Waals surface area contributed by atoms with Crippen LogP contribution in [0.2, 0.25) is 0 Å². The zero-order valence-corrected chi connectivity index (χ0v) is 13.4. The quantitative estimate of drug-likeness (QED) is 0.485. The van der Waals surface area contributed by atoms with E-state index in [9.17, 15) is 4.79 Å². The summed E-state index contributed by atoms with van der Waals surface area (Å²) in [6.45, 7) is 4.43. The van der Waals surface area contributed by atoms with Gasteiger partial charge in [0.05, 0.1) is 6.04 Å². The zero-order chi connectivity index (χ0) is 14.9. The summed E-state index contributed by atoms with van der Waals surface area (Å²) in [6, 6.07) is 9.94. The second-order valence-corrected chi connectivity index (χ2v) is 6.19. The van der Waals surface area contributed by atoms with Crippen LogP contribution in [0.5, 0.6) is 0 Å². The Balaban J connectivity index is 1.93. The standard InChI is InChI=1S/C19H29NO/c1-2-3-4-5-9-14-18(20-15-10-11-16-20)19(21)17-12-7-6-8-13-17/h6-8,12-13,18H,2-5,9-11,14-16H2,1H3/t18-/m0/s1. The summed E-state index contributed by atoms with van der Waals surface area (Å²) in [5.41, 5.74) is 0.878. The van der Waals surface area contributed by atoms with Crippen LogP contribution in [-0.2, 0) is 0 Å². The third-order valence-corrected chi connectivity index (χ3v) is 4.52. The molecular formula is C19H29NO. The predicted octanol–water partition coefficient (Wildman–Crippen LogP) is 4.69. The van der Waals surface area contributed by atoms with Gasteiger partial charge in [0, 0.05) is 5.56 Å². The van der Waals surface area contributed by atoms with E-state index in [1.165, 1.54) is 44.9 Å². The number of Topliss-reactive ketones (excluding diaryl/α,β-unsaturated/α-hetero) is 1. The lowest BCUT2D eigenvalue weighted by Crippen LogP contribution is -2.39. The fourth-order valence-electron chi connectivity index (χ4n) is 3.27. The number of likely N-dealkylation sites (tertiary alicyclic amines) is 1. The lowest BCUT2D eigenvalue weighted by atomic mass is 9.97. The Kier molecular flexibility index (Phi) is 6.94. The van der Waals surface area contributed by atoms with Crippen LogP contribution in [0.25, 0.3) is 0 Å². The van der Waals surface area contributed by atoms with Crippen molar-refractivity contribution in [3.05, 3.63) is 35.9 Å². The molecule has 1 aromatic rings. The van der Waals surface area contributed by atoms with Crippen molar-refractivity contribution in [3.8, 4) is 0 Å². The van der Waals surface area contributed by atoms with E-state index in [4.69, 9.17) is 0 Å². The van der Waals surface area contributed by atoms with Gasteiger partial charge in [0.1, 0.15) is 0 Å². The second kappa shape index (κ2) is 8.99. The van der Waals surface area contributed by atoms with Crippen LogP contribution < -0.4 is 0 Å². The number of carbonyl (C=O) groups excluding carboxylic acids is 1. The average Bonchev–Trinajstić information content (AvgIpc) is 3.05. The molecule has 1 atom stereocenters. The van der Waals surface area contributed by atoms with Crippen molar-refractivity contribution in [3.63, 3.8) is 0 Å². The fourth-order valence-corrected chi connectivity index (χ4v) is 3.27. The van der Waals surface area contributed by atoms with Crippen molar-refractivity contribution in [1.82, 2.24) is 4.90 Å². The first-order valence-electron chi connectivity index (χ1n) is 8.66. The summed E-state index contributed by atoms with van der Waals surface area (Å²) in [4.78, 5) is 15.2. The topological polar surface area (TPSA) is 20.3 Å². The van der Waals surface area contributed by atoms with Crippen LogP contribution in [-0.4, -0.2) is 29.8 Å². The molecule has 1 aliphatic rings. The first-order valence-corrected chi connectivity index (χ1v) is 8.66. The van der Waals surface area contributed by atoms with E-state index in [-0.39, 0.29) is 6.04 Å². The average molecular weight is 287 g/mol. The molecule has 0 N–H and O–H groups in total. The molecule has 1 heterocycles. The van der Waals surface area contributed by atoms with Gasteiger partial charge in [-0.1, -0.05) is 69.4 Å². The Labute approximate surface area is 129 Å². The van der Waals surface area contributed by atoms with Gasteiger partial charge in [0.15, 0.2) is 5.78 Å². The molecular weight excluding hydrogens is 258 g/mol.